The lowest BCUT2D eigenvalue weighted by Crippen LogP contribution is -2.46. The van der Waals surface area contributed by atoms with Crippen molar-refractivity contribution in [3.8, 4) is 0 Å². The molecule has 1 aromatic rings. The third-order valence-electron chi connectivity index (χ3n) is 3.96. The van der Waals surface area contributed by atoms with E-state index < -0.39 is 5.67 Å². The molecule has 1 aromatic heterocycles. The molecule has 3 heteroatoms. The van der Waals surface area contributed by atoms with Gasteiger partial charge in [0.15, 0.2) is 0 Å². The van der Waals surface area contributed by atoms with E-state index in [9.17, 15) is 4.39 Å². The molecule has 2 atom stereocenters. The summed E-state index contributed by atoms with van der Waals surface area (Å²) in [5.41, 5.74) is -0.902. The molecule has 2 unspecified atom stereocenters. The maximum absolute atomic E-state index is 14.7. The second kappa shape index (κ2) is 4.11. The van der Waals surface area contributed by atoms with Gasteiger partial charge in [0.25, 0.3) is 0 Å². The van der Waals surface area contributed by atoms with Gasteiger partial charge in [0.2, 0.25) is 0 Å². The Morgan fingerprint density at radius 3 is 2.75 bits per heavy atom. The van der Waals surface area contributed by atoms with Crippen LogP contribution < -0.4 is 5.32 Å². The average molecular weight is 239 g/mol. The first-order chi connectivity index (χ1) is 7.73. The van der Waals surface area contributed by atoms with Gasteiger partial charge in [-0.2, -0.15) is 0 Å². The van der Waals surface area contributed by atoms with Crippen molar-refractivity contribution in [2.45, 2.75) is 56.3 Å². The maximum atomic E-state index is 14.7. The minimum absolute atomic E-state index is 0.451. The Labute approximate surface area is 100 Å². The van der Waals surface area contributed by atoms with E-state index in [-0.39, 0.29) is 0 Å². The standard InChI is InChI=1S/C13H18FNS/c14-13(6-5-12-2-1-7-16-12)8-10-3-4-11(9-13)15-10/h1-2,7,10-11,15H,3-6,8-9H2. The fourth-order valence-corrected chi connectivity index (χ4v) is 3.91. The van der Waals surface area contributed by atoms with Gasteiger partial charge >= 0.3 is 0 Å². The number of piperidine rings is 1. The molecule has 0 aliphatic carbocycles. The summed E-state index contributed by atoms with van der Waals surface area (Å²) in [5, 5.41) is 5.58. The zero-order valence-electron chi connectivity index (χ0n) is 9.42. The van der Waals surface area contributed by atoms with Crippen LogP contribution in [-0.2, 0) is 6.42 Å². The Kier molecular flexibility index (Phi) is 2.76. The molecule has 0 aromatic carbocycles. The molecule has 88 valence electrons. The van der Waals surface area contributed by atoms with Gasteiger partial charge in [-0.05, 0) is 50.0 Å². The number of thiophene rings is 1. The van der Waals surface area contributed by atoms with Crippen LogP contribution in [0.4, 0.5) is 4.39 Å². The fraction of sp³-hybridized carbons (Fsp3) is 0.692. The van der Waals surface area contributed by atoms with Gasteiger partial charge in [-0.1, -0.05) is 6.07 Å². The lowest BCUT2D eigenvalue weighted by molar-refractivity contribution is 0.0800. The van der Waals surface area contributed by atoms with Crippen molar-refractivity contribution in [2.75, 3.05) is 0 Å². The minimum Gasteiger partial charge on any atom is -0.311 e. The van der Waals surface area contributed by atoms with E-state index in [0.29, 0.717) is 18.5 Å². The number of nitrogens with one attached hydrogen (secondary N) is 1. The van der Waals surface area contributed by atoms with Crippen molar-refractivity contribution in [1.82, 2.24) is 5.32 Å². The van der Waals surface area contributed by atoms with Gasteiger partial charge in [0.05, 0.1) is 0 Å². The molecule has 2 aliphatic heterocycles. The summed E-state index contributed by atoms with van der Waals surface area (Å²) in [5.74, 6) is 0. The van der Waals surface area contributed by atoms with Gasteiger partial charge in [0, 0.05) is 17.0 Å². The topological polar surface area (TPSA) is 12.0 Å². The third-order valence-corrected chi connectivity index (χ3v) is 4.90. The second-order valence-electron chi connectivity index (χ2n) is 5.28. The van der Waals surface area contributed by atoms with Crippen LogP contribution in [0.25, 0.3) is 0 Å². The molecule has 1 nitrogen and oxygen atoms in total. The molecule has 2 bridgehead atoms. The van der Waals surface area contributed by atoms with Gasteiger partial charge in [-0.15, -0.1) is 11.3 Å². The Morgan fingerprint density at radius 2 is 2.12 bits per heavy atom. The summed E-state index contributed by atoms with van der Waals surface area (Å²) in [7, 11) is 0. The molecule has 2 fully saturated rings. The lowest BCUT2D eigenvalue weighted by Gasteiger charge is -2.35. The average Bonchev–Trinajstić information content (AvgIpc) is 2.86. The van der Waals surface area contributed by atoms with Crippen molar-refractivity contribution in [3.05, 3.63) is 22.4 Å². The van der Waals surface area contributed by atoms with Crippen LogP contribution in [0.2, 0.25) is 0 Å². The Hall–Kier alpha value is -0.410. The Bertz CT molecular complexity index is 337. The summed E-state index contributed by atoms with van der Waals surface area (Å²) >= 11 is 1.75. The van der Waals surface area contributed by atoms with Crippen LogP contribution in [0.1, 0.15) is 37.0 Å². The number of aryl methyl sites for hydroxylation is 1. The third kappa shape index (κ3) is 2.16. The number of halogens is 1. The molecular weight excluding hydrogens is 221 g/mol. The largest absolute Gasteiger partial charge is 0.311 e. The van der Waals surface area contributed by atoms with Crippen molar-refractivity contribution < 1.29 is 4.39 Å². The SMILES string of the molecule is FC1(CCc2cccs2)CC2CCC(C1)N2. The molecule has 0 radical (unpaired) electrons. The van der Waals surface area contributed by atoms with Crippen molar-refractivity contribution in [2.24, 2.45) is 0 Å². The summed E-state index contributed by atoms with van der Waals surface area (Å²) in [4.78, 5) is 1.32. The van der Waals surface area contributed by atoms with E-state index in [1.807, 2.05) is 0 Å². The number of hydrogen-bond donors (Lipinski definition) is 1. The molecule has 2 saturated heterocycles. The quantitative estimate of drug-likeness (QED) is 0.853. The summed E-state index contributed by atoms with van der Waals surface area (Å²) in [6.07, 6.45) is 5.43. The van der Waals surface area contributed by atoms with Crippen LogP contribution >= 0.6 is 11.3 Å². The fourth-order valence-electron chi connectivity index (χ4n) is 3.20. The van der Waals surface area contributed by atoms with E-state index in [0.717, 1.165) is 19.3 Å². The van der Waals surface area contributed by atoms with Gasteiger partial charge in [-0.25, -0.2) is 4.39 Å². The number of hydrogen-bond acceptors (Lipinski definition) is 2. The second-order valence-corrected chi connectivity index (χ2v) is 6.31. The predicted molar refractivity (Wildman–Crippen MR) is 65.7 cm³/mol. The Morgan fingerprint density at radius 1 is 1.38 bits per heavy atom. The number of alkyl halides is 1. The zero-order valence-corrected chi connectivity index (χ0v) is 10.2. The van der Waals surface area contributed by atoms with E-state index in [4.69, 9.17) is 0 Å². The first-order valence-corrected chi connectivity index (χ1v) is 7.09. The molecule has 3 heterocycles. The highest BCUT2D eigenvalue weighted by atomic mass is 32.1. The first-order valence-electron chi connectivity index (χ1n) is 6.21. The van der Waals surface area contributed by atoms with Crippen LogP contribution in [0.5, 0.6) is 0 Å². The molecular formula is C13H18FNS. The zero-order chi connectivity index (χ0) is 11.0. The van der Waals surface area contributed by atoms with Crippen LogP contribution in [0.15, 0.2) is 17.5 Å². The number of fused-ring (bicyclic) bond motifs is 2. The van der Waals surface area contributed by atoms with E-state index >= 15 is 0 Å². The maximum Gasteiger partial charge on any atom is 0.114 e. The predicted octanol–water partition coefficient (Wildman–Crippen LogP) is 3.30. The smallest absolute Gasteiger partial charge is 0.114 e. The number of rotatable bonds is 3. The van der Waals surface area contributed by atoms with Crippen molar-refractivity contribution in [3.63, 3.8) is 0 Å². The highest BCUT2D eigenvalue weighted by Crippen LogP contribution is 2.39. The van der Waals surface area contributed by atoms with Crippen LogP contribution in [0, 0.1) is 0 Å². The summed E-state index contributed by atoms with van der Waals surface area (Å²) < 4.78 is 14.7. The van der Waals surface area contributed by atoms with Crippen LogP contribution in [-0.4, -0.2) is 17.8 Å². The van der Waals surface area contributed by atoms with Gasteiger partial charge < -0.3 is 5.32 Å². The molecule has 0 amide bonds. The molecule has 0 spiro atoms. The highest BCUT2D eigenvalue weighted by Gasteiger charge is 2.43. The van der Waals surface area contributed by atoms with Crippen LogP contribution in [0.3, 0.4) is 0 Å². The highest BCUT2D eigenvalue weighted by molar-refractivity contribution is 7.09. The first kappa shape index (κ1) is 10.7. The monoisotopic (exact) mass is 239 g/mol. The molecule has 1 N–H and O–H groups in total. The van der Waals surface area contributed by atoms with E-state index in [1.165, 1.54) is 17.7 Å². The Balaban J connectivity index is 1.61. The molecule has 2 aliphatic rings. The molecule has 3 rings (SSSR count). The molecule has 0 saturated carbocycles. The van der Waals surface area contributed by atoms with Gasteiger partial charge in [-0.3, -0.25) is 0 Å². The summed E-state index contributed by atoms with van der Waals surface area (Å²) in [6, 6.07) is 5.07. The van der Waals surface area contributed by atoms with Gasteiger partial charge in [0.1, 0.15) is 5.67 Å². The van der Waals surface area contributed by atoms with E-state index in [2.05, 4.69) is 22.8 Å². The normalized spacial score (nSPS) is 37.8. The van der Waals surface area contributed by atoms with Crippen molar-refractivity contribution >= 4 is 11.3 Å². The summed E-state index contributed by atoms with van der Waals surface area (Å²) in [6.45, 7) is 0. The molecule has 16 heavy (non-hydrogen) atoms. The van der Waals surface area contributed by atoms with Crippen molar-refractivity contribution in [1.29, 1.82) is 0 Å². The minimum atomic E-state index is -0.902. The lowest BCUT2D eigenvalue weighted by atomic mass is 9.85. The van der Waals surface area contributed by atoms with E-state index in [1.54, 1.807) is 11.3 Å².